The minimum atomic E-state index is -0.0127. The summed E-state index contributed by atoms with van der Waals surface area (Å²) in [6.07, 6.45) is 22.3. The summed E-state index contributed by atoms with van der Waals surface area (Å²) in [6.45, 7) is 112. The summed E-state index contributed by atoms with van der Waals surface area (Å²) in [7, 11) is 0. The average molecular weight is 1920 g/mol. The van der Waals surface area contributed by atoms with E-state index in [0.717, 1.165) is 93.6 Å². The van der Waals surface area contributed by atoms with Crippen LogP contribution in [0.5, 0.6) is 5.75 Å². The second kappa shape index (κ2) is 41.5. The van der Waals surface area contributed by atoms with Crippen LogP contribution in [-0.2, 0) is 71.4 Å². The molecule has 141 heavy (non-hydrogen) atoms. The summed E-state index contributed by atoms with van der Waals surface area (Å²) in [5.41, 5.74) is 33.8. The molecular formula is C125H189N15O. The van der Waals surface area contributed by atoms with Gasteiger partial charge in [-0.1, -0.05) is 375 Å². The van der Waals surface area contributed by atoms with Gasteiger partial charge < -0.3 is 45.1 Å². The number of nitrogens with one attached hydrogen (secondary N) is 7. The number of nitrogens with zero attached hydrogens (tertiary/aromatic N) is 8. The lowest BCUT2D eigenvalue weighted by molar-refractivity contribution is 0.263. The van der Waals surface area contributed by atoms with Gasteiger partial charge in [-0.2, -0.15) is 0 Å². The Kier molecular flexibility index (Phi) is 33.6. The molecule has 0 saturated heterocycles. The number of allylic oxidation sites excluding steroid dienone is 3. The van der Waals surface area contributed by atoms with Crippen molar-refractivity contribution in [2.75, 3.05) is 17.2 Å². The van der Waals surface area contributed by atoms with Gasteiger partial charge in [0.05, 0.1) is 35.1 Å². The normalized spacial score (nSPS) is 16.5. The summed E-state index contributed by atoms with van der Waals surface area (Å²) in [5.74, 6) is 1.87. The molecule has 0 fully saturated rings. The molecular weight excluding hydrogens is 1730 g/mol. The van der Waals surface area contributed by atoms with Crippen molar-refractivity contribution in [3.63, 3.8) is 0 Å². The zero-order valence-electron chi connectivity index (χ0n) is 97.2. The summed E-state index contributed by atoms with van der Waals surface area (Å²) >= 11 is 0. The van der Waals surface area contributed by atoms with Crippen molar-refractivity contribution >= 4 is 61.0 Å². The van der Waals surface area contributed by atoms with Crippen LogP contribution >= 0.6 is 0 Å². The second-order valence-corrected chi connectivity index (χ2v) is 57.0. The number of aromatic nitrogens is 11. The molecule has 14 heterocycles. The van der Waals surface area contributed by atoms with Crippen molar-refractivity contribution in [1.29, 1.82) is 0 Å². The molecule has 3 unspecified atom stereocenters. The Morgan fingerprint density at radius 1 is 0.376 bits per heavy atom. The van der Waals surface area contributed by atoms with Crippen molar-refractivity contribution < 1.29 is 4.74 Å². The zero-order valence-corrected chi connectivity index (χ0v) is 97.2. The third kappa shape index (κ3) is 31.4. The number of rotatable bonds is 0. The van der Waals surface area contributed by atoms with Crippen LogP contribution in [0.3, 0.4) is 0 Å². The number of anilines is 2. The van der Waals surface area contributed by atoms with Crippen molar-refractivity contribution in [2.24, 2.45) is 21.7 Å². The molecule has 4 aliphatic rings. The SMILES string of the molecule is C=C1Cc2ccc(C(C)(C)C)cc2NC(C(C)(C)C)C1.CC(C)(C)C1=CN2NC(C(C)(C)C)=CC2C=C1.CC(C)(C)c1cc2[nH]c(C(C)(C)C)cc2cn1.CC(C)(C)c1ccc2c(c1)NC(C(C)(C)C)CCO2.CC(C)(C)c1ccc2cc(C(C)(C)C)[nH]c2n1.CC(C)(C)c1ccn2cc(C(C)(C)C)nc2c1.CC(C)(C)c1cnc2cc(C(C)(C)C)[nH]c2c1.CC(C)(C)c1ncc2cc(C(C)(C)C)[nH]c2n1. The average Bonchev–Trinajstić information content (AvgIpc) is 1.73. The molecule has 12 aromatic rings. The van der Waals surface area contributed by atoms with Crippen molar-refractivity contribution in [1.82, 2.24) is 64.7 Å². The van der Waals surface area contributed by atoms with Crippen LogP contribution in [0.1, 0.15) is 419 Å². The first kappa shape index (κ1) is 114. The molecule has 0 amide bonds. The zero-order chi connectivity index (χ0) is 106. The van der Waals surface area contributed by atoms with Crippen LogP contribution < -0.4 is 20.8 Å². The fraction of sp³-hybridized carbons (Fsp3) is 0.568. The summed E-state index contributed by atoms with van der Waals surface area (Å²) in [6, 6.07) is 36.4. The Labute approximate surface area is 853 Å². The molecule has 770 valence electrons. The van der Waals surface area contributed by atoms with Crippen molar-refractivity contribution in [3.8, 4) is 5.75 Å². The molecule has 3 atom stereocenters. The van der Waals surface area contributed by atoms with Gasteiger partial charge in [0.2, 0.25) is 0 Å². The van der Waals surface area contributed by atoms with Crippen LogP contribution in [0.2, 0.25) is 0 Å². The molecule has 16 nitrogen and oxygen atoms in total. The van der Waals surface area contributed by atoms with Gasteiger partial charge in [-0.15, -0.1) is 0 Å². The maximum absolute atomic E-state index is 5.88. The second-order valence-electron chi connectivity index (χ2n) is 57.0. The van der Waals surface area contributed by atoms with E-state index in [4.69, 9.17) is 14.7 Å². The van der Waals surface area contributed by atoms with E-state index in [1.54, 1.807) is 0 Å². The van der Waals surface area contributed by atoms with E-state index < -0.39 is 0 Å². The smallest absolute Gasteiger partial charge is 0.142 e. The summed E-state index contributed by atoms with van der Waals surface area (Å²) < 4.78 is 7.99. The van der Waals surface area contributed by atoms with E-state index in [0.29, 0.717) is 18.1 Å². The lowest BCUT2D eigenvalue weighted by Crippen LogP contribution is -2.37. The predicted octanol–water partition coefficient (Wildman–Crippen LogP) is 33.5. The van der Waals surface area contributed by atoms with Gasteiger partial charge >= 0.3 is 0 Å². The fourth-order valence-corrected chi connectivity index (χ4v) is 16.2. The lowest BCUT2D eigenvalue weighted by atomic mass is 9.83. The number of aromatic amines is 4. The van der Waals surface area contributed by atoms with E-state index >= 15 is 0 Å². The lowest BCUT2D eigenvalue weighted by Gasteiger charge is -2.32. The molecule has 0 radical (unpaired) electrons. The highest BCUT2D eigenvalue weighted by atomic mass is 16.5. The number of H-pyrrole nitrogens is 4. The van der Waals surface area contributed by atoms with E-state index in [-0.39, 0.29) is 86.6 Å². The highest BCUT2D eigenvalue weighted by molar-refractivity contribution is 5.81. The molecule has 0 spiro atoms. The summed E-state index contributed by atoms with van der Waals surface area (Å²) in [5, 5.41) is 13.2. The van der Waals surface area contributed by atoms with Crippen LogP contribution in [0.15, 0.2) is 176 Å². The number of hydrogen-bond donors (Lipinski definition) is 7. The number of benzene rings is 2. The Bertz CT molecular complexity index is 5720. The Hall–Kier alpha value is -10.2. The number of hydrazine groups is 1. The summed E-state index contributed by atoms with van der Waals surface area (Å²) in [4.78, 5) is 41.4. The highest BCUT2D eigenvalue weighted by Crippen LogP contribution is 2.43. The molecule has 0 aliphatic carbocycles. The molecule has 0 bridgehead atoms. The maximum Gasteiger partial charge on any atom is 0.142 e. The predicted molar refractivity (Wildman–Crippen MR) is 609 cm³/mol. The topological polar surface area (TPSA) is 193 Å². The van der Waals surface area contributed by atoms with Gasteiger partial charge in [0, 0.05) is 172 Å². The van der Waals surface area contributed by atoms with Gasteiger partial charge in [0.1, 0.15) is 28.5 Å². The number of imidazole rings is 1. The van der Waals surface area contributed by atoms with E-state index in [2.05, 4.69) is 538 Å². The Morgan fingerprint density at radius 3 is 1.38 bits per heavy atom. The molecule has 7 N–H and O–H groups in total. The number of ether oxygens (including phenoxy) is 1. The number of fused-ring (bicyclic) bond motifs is 8. The van der Waals surface area contributed by atoms with Gasteiger partial charge in [-0.05, 0) is 169 Å². The van der Waals surface area contributed by atoms with Crippen LogP contribution in [-0.4, -0.2) is 84.0 Å². The van der Waals surface area contributed by atoms with E-state index in [9.17, 15) is 0 Å². The molecule has 2 aromatic carbocycles. The minimum absolute atomic E-state index is 0.0127. The third-order valence-corrected chi connectivity index (χ3v) is 26.7. The molecule has 16 rings (SSSR count). The fourth-order valence-electron chi connectivity index (χ4n) is 16.2. The quantitative estimate of drug-likeness (QED) is 0.0715. The Balaban J connectivity index is 0.000000180. The highest BCUT2D eigenvalue weighted by Gasteiger charge is 2.35. The van der Waals surface area contributed by atoms with Gasteiger partial charge in [-0.3, -0.25) is 15.0 Å². The minimum Gasteiger partial charge on any atom is -0.491 e. The van der Waals surface area contributed by atoms with E-state index in [1.807, 2.05) is 18.6 Å². The molecule has 0 saturated carbocycles. The first-order chi connectivity index (χ1) is 63.8. The van der Waals surface area contributed by atoms with Crippen LogP contribution in [0.25, 0.3) is 49.7 Å². The molecule has 16 heteroatoms. The first-order valence-electron chi connectivity index (χ1n) is 52.0. The first-order valence-corrected chi connectivity index (χ1v) is 52.0. The monoisotopic (exact) mass is 1920 g/mol. The van der Waals surface area contributed by atoms with Crippen LogP contribution in [0, 0.1) is 21.7 Å². The Morgan fingerprint density at radius 2 is 0.865 bits per heavy atom. The third-order valence-electron chi connectivity index (χ3n) is 26.7. The van der Waals surface area contributed by atoms with Crippen LogP contribution in [0.4, 0.5) is 11.4 Å². The van der Waals surface area contributed by atoms with E-state index in [1.165, 1.54) is 89.4 Å². The standard InChI is InChI=1S/C19H29N.C17H27NO.2C15H22N2.C15H24N2.2C15H22N2.C14H21N3/c1-13-10-14-8-9-15(18(2,3)4)12-16(14)20-17(11-13)19(5,6)7;1-16(2,3)12-7-8-14-13(11-12)18-15(9-10-19-14)17(4,5)6;1-14(2,3)10-7-12-11(16-9-10)8-13(17-12)15(4,5)6;1-14(2,3)12-8-11-10(9-16-12)7-13(17-11)15(4,5)6;1-14(2,3)11-7-8-12-9-13(15(4,5)6)16-17(12)10-11;1-14(2,3)11-7-8-17-10-12(15(4,5)6)16-13(17)9-11;1-14(2,3)11-8-7-10-9-12(15(4,5)6)17-13(10)16-11;1-13(2,3)10-7-9-8-15-12(14(4,5)6)17-11(9)16-10/h8-9,12,17,20H,1,10-11H2,2-7H3;7-8,11,15,18H,9-10H2,1-6H3;2*7-9,17H,1-6H3;7-10,12,16H,1-6H3;7-10H,1-6H3;7-9H,1-6H3,(H,16,17);7-8H,1-6H3,(H,15,16,17). The van der Waals surface area contributed by atoms with Crippen molar-refractivity contribution in [3.05, 3.63) is 249 Å². The largest absolute Gasteiger partial charge is 0.491 e. The molecule has 4 aliphatic heterocycles. The van der Waals surface area contributed by atoms with Gasteiger partial charge in [0.25, 0.3) is 0 Å². The van der Waals surface area contributed by atoms with Gasteiger partial charge in [0.15, 0.2) is 0 Å². The maximum atomic E-state index is 5.88. The van der Waals surface area contributed by atoms with Gasteiger partial charge in [-0.25, -0.2) is 19.9 Å². The number of pyridine rings is 4. The molecule has 10 aromatic heterocycles. The van der Waals surface area contributed by atoms with Crippen molar-refractivity contribution in [2.45, 2.75) is 435 Å². The number of hydrogen-bond acceptors (Lipinski definition) is 11.